The molecule has 1 rings (SSSR count). The number of thioether (sulfide) groups is 1. The average molecular weight is 302 g/mol. The summed E-state index contributed by atoms with van der Waals surface area (Å²) < 4.78 is 0. The molecule has 108 valence electrons. The van der Waals surface area contributed by atoms with Gasteiger partial charge in [0.1, 0.15) is 0 Å². The fourth-order valence-electron chi connectivity index (χ4n) is 1.72. The Labute approximate surface area is 125 Å². The Hall–Kier alpha value is -0.220. The lowest BCUT2D eigenvalue weighted by molar-refractivity contribution is 0.196. The molecule has 4 heteroatoms. The van der Waals surface area contributed by atoms with Gasteiger partial charge in [0.05, 0.1) is 6.10 Å². The summed E-state index contributed by atoms with van der Waals surface area (Å²) in [6.07, 6.45) is 0.788. The van der Waals surface area contributed by atoms with Crippen molar-refractivity contribution in [3.8, 4) is 0 Å². The van der Waals surface area contributed by atoms with Crippen LogP contribution in [0.3, 0.4) is 0 Å². The molecule has 0 aliphatic carbocycles. The van der Waals surface area contributed by atoms with Crippen molar-refractivity contribution in [2.45, 2.75) is 56.4 Å². The first-order chi connectivity index (χ1) is 8.95. The first kappa shape index (κ1) is 16.8. The summed E-state index contributed by atoms with van der Waals surface area (Å²) in [5, 5.41) is 13.9. The summed E-state index contributed by atoms with van der Waals surface area (Å²) in [4.78, 5) is 1.10. The van der Waals surface area contributed by atoms with Gasteiger partial charge in [-0.25, -0.2) is 0 Å². The van der Waals surface area contributed by atoms with Crippen molar-refractivity contribution in [2.75, 3.05) is 6.54 Å². The maximum absolute atomic E-state index is 9.53. The Morgan fingerprint density at radius 1 is 1.32 bits per heavy atom. The summed E-state index contributed by atoms with van der Waals surface area (Å²) in [6.45, 7) is 9.10. The van der Waals surface area contributed by atoms with Gasteiger partial charge >= 0.3 is 0 Å². The Balaban J connectivity index is 2.74. The Morgan fingerprint density at radius 3 is 2.53 bits per heavy atom. The van der Waals surface area contributed by atoms with E-state index < -0.39 is 0 Å². The van der Waals surface area contributed by atoms with Crippen molar-refractivity contribution in [1.29, 1.82) is 0 Å². The van der Waals surface area contributed by atoms with E-state index in [4.69, 9.17) is 11.6 Å². The third-order valence-electron chi connectivity index (χ3n) is 3.14. The largest absolute Gasteiger partial charge is 0.392 e. The molecule has 2 N–H and O–H groups in total. The van der Waals surface area contributed by atoms with Gasteiger partial charge in [0.15, 0.2) is 0 Å². The maximum atomic E-state index is 9.53. The second-order valence-corrected chi connectivity index (χ2v) is 6.78. The van der Waals surface area contributed by atoms with Gasteiger partial charge in [0, 0.05) is 21.2 Å². The van der Waals surface area contributed by atoms with Crippen LogP contribution in [0.2, 0.25) is 5.02 Å². The van der Waals surface area contributed by atoms with E-state index in [2.05, 4.69) is 31.3 Å². The lowest BCUT2D eigenvalue weighted by atomic mass is 10.1. The molecule has 0 heterocycles. The van der Waals surface area contributed by atoms with Crippen LogP contribution in [0, 0.1) is 0 Å². The molecule has 1 aromatic carbocycles. The zero-order chi connectivity index (χ0) is 14.4. The fraction of sp³-hybridized carbons (Fsp3) is 0.600. The van der Waals surface area contributed by atoms with Crippen LogP contribution in [0.15, 0.2) is 23.1 Å². The van der Waals surface area contributed by atoms with Gasteiger partial charge in [-0.1, -0.05) is 31.5 Å². The van der Waals surface area contributed by atoms with Gasteiger partial charge in [-0.3, -0.25) is 0 Å². The standard InChI is InChI=1S/C15H24ClNOS/c1-5-8-17-10(2)14-7-6-13(9-15(14)16)19-12(4)11(3)18/h6-7,9-12,17-18H,5,8H2,1-4H3. The molecule has 0 bridgehead atoms. The SMILES string of the molecule is CCCNC(C)c1ccc(SC(C)C(C)O)cc1Cl. The molecule has 0 fully saturated rings. The van der Waals surface area contributed by atoms with Crippen LogP contribution in [0.1, 0.15) is 45.7 Å². The van der Waals surface area contributed by atoms with E-state index in [-0.39, 0.29) is 17.4 Å². The van der Waals surface area contributed by atoms with E-state index in [0.29, 0.717) is 0 Å². The number of hydrogen-bond acceptors (Lipinski definition) is 3. The minimum absolute atomic E-state index is 0.164. The van der Waals surface area contributed by atoms with Crippen LogP contribution < -0.4 is 5.32 Å². The van der Waals surface area contributed by atoms with Crippen LogP contribution in [0.25, 0.3) is 0 Å². The second-order valence-electron chi connectivity index (χ2n) is 4.92. The first-order valence-corrected chi connectivity index (χ1v) is 8.09. The monoisotopic (exact) mass is 301 g/mol. The molecule has 1 aromatic rings. The Morgan fingerprint density at radius 2 is 2.00 bits per heavy atom. The zero-order valence-corrected chi connectivity index (χ0v) is 13.7. The fourth-order valence-corrected chi connectivity index (χ4v) is 3.08. The topological polar surface area (TPSA) is 32.3 Å². The van der Waals surface area contributed by atoms with Gasteiger partial charge in [-0.05, 0) is 44.5 Å². The predicted molar refractivity (Wildman–Crippen MR) is 85.2 cm³/mol. The predicted octanol–water partition coefficient (Wildman–Crippen LogP) is 4.26. The lowest BCUT2D eigenvalue weighted by Gasteiger charge is -2.18. The Kier molecular flexibility index (Phi) is 7.22. The van der Waals surface area contributed by atoms with Crippen LogP contribution >= 0.6 is 23.4 Å². The third-order valence-corrected chi connectivity index (χ3v) is 4.76. The summed E-state index contributed by atoms with van der Waals surface area (Å²) >= 11 is 8.00. The van der Waals surface area contributed by atoms with Crippen LogP contribution in [0.4, 0.5) is 0 Å². The molecule has 0 amide bonds. The highest BCUT2D eigenvalue weighted by atomic mass is 35.5. The molecule has 3 unspecified atom stereocenters. The van der Waals surface area contributed by atoms with E-state index in [1.54, 1.807) is 11.8 Å². The van der Waals surface area contributed by atoms with Crippen molar-refractivity contribution in [1.82, 2.24) is 5.32 Å². The quantitative estimate of drug-likeness (QED) is 0.738. The minimum Gasteiger partial charge on any atom is -0.392 e. The molecule has 2 nitrogen and oxygen atoms in total. The first-order valence-electron chi connectivity index (χ1n) is 6.83. The van der Waals surface area contributed by atoms with Crippen LogP contribution in [-0.4, -0.2) is 23.0 Å². The zero-order valence-electron chi connectivity index (χ0n) is 12.1. The van der Waals surface area contributed by atoms with Gasteiger partial charge in [0.25, 0.3) is 0 Å². The van der Waals surface area contributed by atoms with Crippen molar-refractivity contribution in [3.05, 3.63) is 28.8 Å². The van der Waals surface area contributed by atoms with E-state index in [9.17, 15) is 5.11 Å². The van der Waals surface area contributed by atoms with E-state index in [0.717, 1.165) is 28.4 Å². The number of benzene rings is 1. The highest BCUT2D eigenvalue weighted by Gasteiger charge is 2.13. The van der Waals surface area contributed by atoms with Crippen LogP contribution in [0.5, 0.6) is 0 Å². The molecule has 3 atom stereocenters. The molecule has 0 radical (unpaired) electrons. The van der Waals surface area contributed by atoms with E-state index in [1.807, 2.05) is 19.9 Å². The summed E-state index contributed by atoms with van der Waals surface area (Å²) in [5.41, 5.74) is 1.13. The van der Waals surface area contributed by atoms with E-state index >= 15 is 0 Å². The lowest BCUT2D eigenvalue weighted by Crippen LogP contribution is -2.19. The third kappa shape index (κ3) is 5.35. The molecule has 0 aliphatic rings. The minimum atomic E-state index is -0.325. The van der Waals surface area contributed by atoms with Crippen molar-refractivity contribution >= 4 is 23.4 Å². The molecule has 19 heavy (non-hydrogen) atoms. The smallest absolute Gasteiger partial charge is 0.0631 e. The summed E-state index contributed by atoms with van der Waals surface area (Å²) in [6, 6.07) is 6.41. The molecule has 0 spiro atoms. The normalized spacial score (nSPS) is 16.1. The second kappa shape index (κ2) is 8.15. The number of nitrogens with one attached hydrogen (secondary N) is 1. The summed E-state index contributed by atoms with van der Waals surface area (Å²) in [7, 11) is 0. The highest BCUT2D eigenvalue weighted by molar-refractivity contribution is 8.00. The molecule has 0 saturated carbocycles. The van der Waals surface area contributed by atoms with Gasteiger partial charge < -0.3 is 10.4 Å². The number of halogens is 1. The molecular weight excluding hydrogens is 278 g/mol. The number of aliphatic hydroxyl groups is 1. The average Bonchev–Trinajstić information content (AvgIpc) is 2.35. The molecule has 0 aromatic heterocycles. The summed E-state index contributed by atoms with van der Waals surface area (Å²) in [5.74, 6) is 0. The van der Waals surface area contributed by atoms with Gasteiger partial charge in [-0.15, -0.1) is 11.8 Å². The van der Waals surface area contributed by atoms with Gasteiger partial charge in [-0.2, -0.15) is 0 Å². The molecule has 0 saturated heterocycles. The van der Waals surface area contributed by atoms with Gasteiger partial charge in [0.2, 0.25) is 0 Å². The van der Waals surface area contributed by atoms with E-state index in [1.165, 1.54) is 0 Å². The number of aliphatic hydroxyl groups excluding tert-OH is 1. The molecular formula is C15H24ClNOS. The molecule has 0 aliphatic heterocycles. The van der Waals surface area contributed by atoms with Crippen molar-refractivity contribution < 1.29 is 5.11 Å². The van der Waals surface area contributed by atoms with Crippen LogP contribution in [-0.2, 0) is 0 Å². The van der Waals surface area contributed by atoms with Crippen molar-refractivity contribution in [2.24, 2.45) is 0 Å². The van der Waals surface area contributed by atoms with Crippen molar-refractivity contribution in [3.63, 3.8) is 0 Å². The highest BCUT2D eigenvalue weighted by Crippen LogP contribution is 2.31. The maximum Gasteiger partial charge on any atom is 0.0631 e. The Bertz CT molecular complexity index is 398. The number of hydrogen-bond donors (Lipinski definition) is 2. The number of rotatable bonds is 7.